The summed E-state index contributed by atoms with van der Waals surface area (Å²) in [6, 6.07) is 6.05. The molecular weight excluding hydrogens is 270 g/mol. The van der Waals surface area contributed by atoms with Crippen LogP contribution in [0, 0.1) is 0 Å². The maximum absolute atomic E-state index is 6.09. The van der Waals surface area contributed by atoms with E-state index in [1.165, 1.54) is 0 Å². The van der Waals surface area contributed by atoms with Crippen molar-refractivity contribution in [3.05, 3.63) is 28.2 Å². The molecule has 0 amide bonds. The van der Waals surface area contributed by atoms with Crippen molar-refractivity contribution in [3.63, 3.8) is 0 Å². The zero-order valence-corrected chi connectivity index (χ0v) is 11.1. The van der Waals surface area contributed by atoms with Gasteiger partial charge in [-0.2, -0.15) is 0 Å². The number of halogens is 1. The molecule has 1 heterocycles. The average Bonchev–Trinajstić information content (AvgIpc) is 2.15. The van der Waals surface area contributed by atoms with Gasteiger partial charge in [-0.1, -0.05) is 15.9 Å². The Labute approximate surface area is 104 Å². The van der Waals surface area contributed by atoms with Crippen molar-refractivity contribution in [1.29, 1.82) is 0 Å². The molecule has 0 aliphatic carbocycles. The van der Waals surface area contributed by atoms with Crippen molar-refractivity contribution in [2.45, 2.75) is 18.4 Å². The third kappa shape index (κ3) is 1.75. The zero-order chi connectivity index (χ0) is 11.8. The van der Waals surface area contributed by atoms with Gasteiger partial charge in [0.15, 0.2) is 0 Å². The van der Waals surface area contributed by atoms with E-state index in [9.17, 15) is 0 Å². The van der Waals surface area contributed by atoms with Crippen molar-refractivity contribution in [1.82, 2.24) is 0 Å². The Morgan fingerprint density at radius 1 is 1.50 bits per heavy atom. The number of ether oxygens (including phenoxy) is 2. The number of benzene rings is 1. The number of nitrogens with two attached hydrogens (primary N) is 1. The van der Waals surface area contributed by atoms with Crippen LogP contribution in [0.25, 0.3) is 0 Å². The van der Waals surface area contributed by atoms with Gasteiger partial charge < -0.3 is 15.2 Å². The molecule has 1 aromatic rings. The second-order valence-electron chi connectivity index (χ2n) is 4.28. The summed E-state index contributed by atoms with van der Waals surface area (Å²) in [6.45, 7) is 3.35. The highest BCUT2D eigenvalue weighted by Gasteiger charge is 2.45. The Morgan fingerprint density at radius 2 is 2.19 bits per heavy atom. The standard InChI is InChI=1S/C12H16BrNO2/c1-8(14)12(6-16-7-12)10-5-9(13)3-4-11(10)15-2/h3-5,8H,6-7,14H2,1-2H3. The Bertz CT molecular complexity index is 389. The summed E-state index contributed by atoms with van der Waals surface area (Å²) in [5, 5.41) is 0. The average molecular weight is 286 g/mol. The third-order valence-corrected chi connectivity index (χ3v) is 3.78. The molecule has 0 spiro atoms. The van der Waals surface area contributed by atoms with Gasteiger partial charge >= 0.3 is 0 Å². The van der Waals surface area contributed by atoms with Crippen LogP contribution in [-0.4, -0.2) is 26.4 Å². The first-order valence-electron chi connectivity index (χ1n) is 5.27. The van der Waals surface area contributed by atoms with E-state index in [4.69, 9.17) is 15.2 Å². The number of rotatable bonds is 3. The van der Waals surface area contributed by atoms with Crippen molar-refractivity contribution in [2.75, 3.05) is 20.3 Å². The van der Waals surface area contributed by atoms with Crippen LogP contribution < -0.4 is 10.5 Å². The van der Waals surface area contributed by atoms with Gasteiger partial charge in [-0.25, -0.2) is 0 Å². The minimum atomic E-state index is -0.102. The topological polar surface area (TPSA) is 44.5 Å². The minimum absolute atomic E-state index is 0.0458. The molecule has 2 rings (SSSR count). The SMILES string of the molecule is COc1ccc(Br)cc1C1(C(C)N)COC1. The first kappa shape index (κ1) is 11.9. The molecule has 88 valence electrons. The summed E-state index contributed by atoms with van der Waals surface area (Å²) in [6.07, 6.45) is 0. The zero-order valence-electron chi connectivity index (χ0n) is 9.50. The molecule has 0 saturated carbocycles. The largest absolute Gasteiger partial charge is 0.496 e. The summed E-state index contributed by atoms with van der Waals surface area (Å²) >= 11 is 3.48. The van der Waals surface area contributed by atoms with Crippen molar-refractivity contribution in [3.8, 4) is 5.75 Å². The van der Waals surface area contributed by atoms with Gasteiger partial charge in [0.25, 0.3) is 0 Å². The molecule has 1 atom stereocenters. The molecule has 1 aliphatic rings. The maximum Gasteiger partial charge on any atom is 0.122 e. The monoisotopic (exact) mass is 285 g/mol. The van der Waals surface area contributed by atoms with Gasteiger partial charge in [-0.3, -0.25) is 0 Å². The molecule has 16 heavy (non-hydrogen) atoms. The molecule has 0 bridgehead atoms. The van der Waals surface area contributed by atoms with Crippen molar-refractivity contribution < 1.29 is 9.47 Å². The first-order chi connectivity index (χ1) is 7.60. The fourth-order valence-corrected chi connectivity index (χ4v) is 2.42. The van der Waals surface area contributed by atoms with Crippen molar-refractivity contribution >= 4 is 15.9 Å². The summed E-state index contributed by atoms with van der Waals surface area (Å²) < 4.78 is 11.8. The van der Waals surface area contributed by atoms with Crippen LogP contribution in [0.3, 0.4) is 0 Å². The third-order valence-electron chi connectivity index (χ3n) is 3.29. The maximum atomic E-state index is 6.09. The van der Waals surface area contributed by atoms with E-state index in [-0.39, 0.29) is 11.5 Å². The van der Waals surface area contributed by atoms with E-state index >= 15 is 0 Å². The van der Waals surface area contributed by atoms with Gasteiger partial charge in [0.1, 0.15) is 5.75 Å². The van der Waals surface area contributed by atoms with Gasteiger partial charge in [-0.05, 0) is 25.1 Å². The Balaban J connectivity index is 2.48. The number of methoxy groups -OCH3 is 1. The minimum Gasteiger partial charge on any atom is -0.496 e. The second-order valence-corrected chi connectivity index (χ2v) is 5.20. The fraction of sp³-hybridized carbons (Fsp3) is 0.500. The lowest BCUT2D eigenvalue weighted by Gasteiger charge is -2.45. The summed E-state index contributed by atoms with van der Waals surface area (Å²) in [5.41, 5.74) is 7.12. The lowest BCUT2D eigenvalue weighted by Crippen LogP contribution is -2.57. The predicted octanol–water partition coefficient (Wildman–Crippen LogP) is 2.07. The van der Waals surface area contributed by atoms with Crippen LogP contribution in [0.1, 0.15) is 12.5 Å². The van der Waals surface area contributed by atoms with E-state index in [1.54, 1.807) is 7.11 Å². The summed E-state index contributed by atoms with van der Waals surface area (Å²) in [7, 11) is 1.68. The van der Waals surface area contributed by atoms with E-state index in [2.05, 4.69) is 22.0 Å². The molecular formula is C12H16BrNO2. The first-order valence-corrected chi connectivity index (χ1v) is 6.07. The Morgan fingerprint density at radius 3 is 2.62 bits per heavy atom. The van der Waals surface area contributed by atoms with Crippen LogP contribution in [0.15, 0.2) is 22.7 Å². The van der Waals surface area contributed by atoms with Gasteiger partial charge in [-0.15, -0.1) is 0 Å². The van der Waals surface area contributed by atoms with Crippen LogP contribution in [-0.2, 0) is 10.2 Å². The molecule has 1 aromatic carbocycles. The van der Waals surface area contributed by atoms with E-state index in [0.717, 1.165) is 15.8 Å². The molecule has 3 nitrogen and oxygen atoms in total. The molecule has 1 unspecified atom stereocenters. The smallest absolute Gasteiger partial charge is 0.122 e. The summed E-state index contributed by atoms with van der Waals surface area (Å²) in [4.78, 5) is 0. The molecule has 1 fully saturated rings. The molecule has 0 radical (unpaired) electrons. The van der Waals surface area contributed by atoms with Crippen LogP contribution >= 0.6 is 15.9 Å². The van der Waals surface area contributed by atoms with Crippen LogP contribution in [0.5, 0.6) is 5.75 Å². The lowest BCUT2D eigenvalue weighted by atomic mass is 9.73. The Kier molecular flexibility index (Phi) is 3.24. The van der Waals surface area contributed by atoms with E-state index in [1.807, 2.05) is 19.1 Å². The molecule has 1 aliphatic heterocycles. The van der Waals surface area contributed by atoms with Gasteiger partial charge in [0.2, 0.25) is 0 Å². The summed E-state index contributed by atoms with van der Waals surface area (Å²) in [5.74, 6) is 0.879. The highest BCUT2D eigenvalue weighted by atomic mass is 79.9. The molecule has 2 N–H and O–H groups in total. The Hall–Kier alpha value is -0.580. The highest BCUT2D eigenvalue weighted by Crippen LogP contribution is 2.41. The highest BCUT2D eigenvalue weighted by molar-refractivity contribution is 9.10. The fourth-order valence-electron chi connectivity index (χ4n) is 2.05. The molecule has 4 heteroatoms. The van der Waals surface area contributed by atoms with E-state index in [0.29, 0.717) is 13.2 Å². The lowest BCUT2D eigenvalue weighted by molar-refractivity contribution is -0.0710. The molecule has 1 saturated heterocycles. The predicted molar refractivity (Wildman–Crippen MR) is 66.8 cm³/mol. The van der Waals surface area contributed by atoms with Gasteiger partial charge in [0.05, 0.1) is 25.7 Å². The normalized spacial score (nSPS) is 20.0. The molecule has 0 aromatic heterocycles. The van der Waals surface area contributed by atoms with Crippen LogP contribution in [0.4, 0.5) is 0 Å². The number of hydrogen-bond donors (Lipinski definition) is 1. The van der Waals surface area contributed by atoms with E-state index < -0.39 is 0 Å². The van der Waals surface area contributed by atoms with Crippen LogP contribution in [0.2, 0.25) is 0 Å². The quantitative estimate of drug-likeness (QED) is 0.925. The van der Waals surface area contributed by atoms with Crippen molar-refractivity contribution in [2.24, 2.45) is 5.73 Å². The number of hydrogen-bond acceptors (Lipinski definition) is 3. The van der Waals surface area contributed by atoms with Gasteiger partial charge in [0, 0.05) is 16.1 Å². The second kappa shape index (κ2) is 4.35.